The van der Waals surface area contributed by atoms with Gasteiger partial charge in [0.2, 0.25) is 5.91 Å². The molecular weight excluding hydrogens is 319 g/mol. The van der Waals surface area contributed by atoms with Crippen molar-refractivity contribution in [1.29, 1.82) is 0 Å². The van der Waals surface area contributed by atoms with Gasteiger partial charge in [0.05, 0.1) is 0 Å². The zero-order valence-electron chi connectivity index (χ0n) is 13.4. The first-order valence-electron chi connectivity index (χ1n) is 7.62. The first kappa shape index (κ1) is 19.3. The van der Waals surface area contributed by atoms with Crippen LogP contribution in [-0.4, -0.2) is 18.0 Å². The molecule has 5 heteroatoms. The van der Waals surface area contributed by atoms with Crippen LogP contribution in [0.25, 0.3) is 0 Å². The lowest BCUT2D eigenvalue weighted by Gasteiger charge is -2.31. The van der Waals surface area contributed by atoms with Crippen molar-refractivity contribution >= 4 is 29.9 Å². The number of hydrogen-bond acceptors (Lipinski definition) is 2. The number of amides is 1. The van der Waals surface area contributed by atoms with Crippen LogP contribution in [0.15, 0.2) is 24.3 Å². The van der Waals surface area contributed by atoms with Crippen LogP contribution in [0, 0.1) is 11.8 Å². The monoisotopic (exact) mass is 344 g/mol. The van der Waals surface area contributed by atoms with Gasteiger partial charge in [-0.2, -0.15) is 0 Å². The van der Waals surface area contributed by atoms with E-state index >= 15 is 0 Å². The maximum absolute atomic E-state index is 12.4. The minimum Gasteiger partial charge on any atom is -0.349 e. The van der Waals surface area contributed by atoms with E-state index in [4.69, 9.17) is 17.3 Å². The van der Waals surface area contributed by atoms with E-state index in [1.807, 2.05) is 31.2 Å². The predicted molar refractivity (Wildman–Crippen MR) is 94.6 cm³/mol. The van der Waals surface area contributed by atoms with Crippen molar-refractivity contribution in [1.82, 2.24) is 5.32 Å². The summed E-state index contributed by atoms with van der Waals surface area (Å²) >= 11 is 6.01. The topological polar surface area (TPSA) is 55.1 Å². The van der Waals surface area contributed by atoms with E-state index in [1.165, 1.54) is 0 Å². The average Bonchev–Trinajstić information content (AvgIpc) is 3.18. The van der Waals surface area contributed by atoms with Gasteiger partial charge in [-0.1, -0.05) is 37.6 Å². The highest BCUT2D eigenvalue weighted by atomic mass is 35.5. The third-order valence-corrected chi connectivity index (χ3v) is 4.37. The zero-order chi connectivity index (χ0) is 15.6. The fraction of sp³-hybridized carbons (Fsp3) is 0.588. The van der Waals surface area contributed by atoms with Gasteiger partial charge in [-0.25, -0.2) is 0 Å². The highest BCUT2D eigenvalue weighted by molar-refractivity contribution is 6.30. The molecule has 1 saturated carbocycles. The van der Waals surface area contributed by atoms with Crippen molar-refractivity contribution in [3.63, 3.8) is 0 Å². The molecule has 1 aromatic rings. The van der Waals surface area contributed by atoms with Crippen LogP contribution in [0.4, 0.5) is 0 Å². The van der Waals surface area contributed by atoms with Gasteiger partial charge in [0.25, 0.3) is 0 Å². The van der Waals surface area contributed by atoms with Crippen LogP contribution in [0.5, 0.6) is 0 Å². The van der Waals surface area contributed by atoms with Crippen molar-refractivity contribution in [3.05, 3.63) is 34.9 Å². The molecule has 1 aliphatic carbocycles. The van der Waals surface area contributed by atoms with Gasteiger partial charge in [0.15, 0.2) is 0 Å². The maximum atomic E-state index is 12.4. The predicted octanol–water partition coefficient (Wildman–Crippen LogP) is 3.75. The van der Waals surface area contributed by atoms with E-state index in [0.717, 1.165) is 23.4 Å². The molecular formula is C17H26Cl2N2O. The van der Waals surface area contributed by atoms with Crippen molar-refractivity contribution < 1.29 is 4.79 Å². The summed E-state index contributed by atoms with van der Waals surface area (Å²) in [5.74, 6) is 0.974. The van der Waals surface area contributed by atoms with Crippen LogP contribution in [0.1, 0.15) is 45.1 Å². The van der Waals surface area contributed by atoms with Gasteiger partial charge >= 0.3 is 0 Å². The lowest BCUT2D eigenvalue weighted by molar-refractivity contribution is -0.124. The molecule has 0 aliphatic heterocycles. The molecule has 1 aromatic carbocycles. The Labute approximate surface area is 144 Å². The Morgan fingerprint density at radius 1 is 1.50 bits per heavy atom. The third-order valence-electron chi connectivity index (χ3n) is 4.14. The van der Waals surface area contributed by atoms with Crippen molar-refractivity contribution in [3.8, 4) is 0 Å². The second-order valence-corrected chi connectivity index (χ2v) is 7.29. The smallest absolute Gasteiger partial charge is 0.224 e. The highest BCUT2D eigenvalue weighted by Gasteiger charge is 2.45. The molecule has 2 rings (SSSR count). The molecule has 3 unspecified atom stereocenters. The molecule has 1 aliphatic rings. The highest BCUT2D eigenvalue weighted by Crippen LogP contribution is 2.48. The van der Waals surface area contributed by atoms with Crippen LogP contribution in [0.3, 0.4) is 0 Å². The second kappa shape index (κ2) is 7.67. The number of rotatable bonds is 6. The molecule has 0 saturated heterocycles. The zero-order valence-corrected chi connectivity index (χ0v) is 15.0. The van der Waals surface area contributed by atoms with Gasteiger partial charge in [0.1, 0.15) is 0 Å². The maximum Gasteiger partial charge on any atom is 0.224 e. The molecule has 0 aromatic heterocycles. The molecule has 0 bridgehead atoms. The van der Waals surface area contributed by atoms with E-state index in [1.54, 1.807) is 0 Å². The Bertz CT molecular complexity index is 521. The summed E-state index contributed by atoms with van der Waals surface area (Å²) in [7, 11) is 0. The first-order valence-corrected chi connectivity index (χ1v) is 8.00. The summed E-state index contributed by atoms with van der Waals surface area (Å²) in [4.78, 5) is 12.4. The SMILES string of the molecule is CC(C)CC(C)(CN)NC(=O)C1CC1c1cccc(Cl)c1.Cl. The molecule has 0 spiro atoms. The summed E-state index contributed by atoms with van der Waals surface area (Å²) in [6.45, 7) is 6.78. The normalized spacial score (nSPS) is 22.6. The van der Waals surface area contributed by atoms with Crippen molar-refractivity contribution in [2.75, 3.05) is 6.54 Å². The third kappa shape index (κ3) is 4.87. The largest absolute Gasteiger partial charge is 0.349 e. The number of carbonyl (C=O) groups is 1. The number of nitrogens with one attached hydrogen (secondary N) is 1. The Hall–Kier alpha value is -0.770. The Morgan fingerprint density at radius 3 is 2.73 bits per heavy atom. The Morgan fingerprint density at radius 2 is 2.18 bits per heavy atom. The Balaban J connectivity index is 0.00000242. The molecule has 0 radical (unpaired) electrons. The van der Waals surface area contributed by atoms with Gasteiger partial charge in [-0.3, -0.25) is 4.79 Å². The number of nitrogens with two attached hydrogens (primary N) is 1. The number of benzene rings is 1. The molecule has 1 amide bonds. The molecule has 3 nitrogen and oxygen atoms in total. The molecule has 0 heterocycles. The van der Waals surface area contributed by atoms with Crippen LogP contribution < -0.4 is 11.1 Å². The number of halogens is 2. The minimum absolute atomic E-state index is 0. The van der Waals surface area contributed by atoms with E-state index in [2.05, 4.69) is 19.2 Å². The lowest BCUT2D eigenvalue weighted by Crippen LogP contribution is -2.52. The fourth-order valence-electron chi connectivity index (χ4n) is 3.07. The number of carbonyl (C=O) groups excluding carboxylic acids is 1. The minimum atomic E-state index is -0.313. The van der Waals surface area contributed by atoms with E-state index in [9.17, 15) is 4.79 Å². The standard InChI is InChI=1S/C17H25ClN2O.ClH/c1-11(2)9-17(3,10-19)20-16(21)15-8-14(15)12-5-4-6-13(18)7-12;/h4-7,11,14-15H,8-10,19H2,1-3H3,(H,20,21);1H. The van der Waals surface area contributed by atoms with Crippen LogP contribution >= 0.6 is 24.0 Å². The molecule has 1 fully saturated rings. The summed E-state index contributed by atoms with van der Waals surface area (Å²) < 4.78 is 0. The van der Waals surface area contributed by atoms with E-state index < -0.39 is 0 Å². The van der Waals surface area contributed by atoms with Crippen LogP contribution in [-0.2, 0) is 4.79 Å². The van der Waals surface area contributed by atoms with E-state index in [-0.39, 0.29) is 29.8 Å². The second-order valence-electron chi connectivity index (χ2n) is 6.86. The van der Waals surface area contributed by atoms with Crippen molar-refractivity contribution in [2.24, 2.45) is 17.6 Å². The first-order chi connectivity index (χ1) is 9.84. The van der Waals surface area contributed by atoms with Gasteiger partial charge in [0, 0.05) is 23.0 Å². The van der Waals surface area contributed by atoms with Crippen LogP contribution in [0.2, 0.25) is 5.02 Å². The van der Waals surface area contributed by atoms with E-state index in [0.29, 0.717) is 18.4 Å². The molecule has 22 heavy (non-hydrogen) atoms. The lowest BCUT2D eigenvalue weighted by atomic mass is 9.90. The molecule has 3 atom stereocenters. The van der Waals surface area contributed by atoms with Gasteiger partial charge in [-0.05, 0) is 49.3 Å². The fourth-order valence-corrected chi connectivity index (χ4v) is 3.27. The number of hydrogen-bond donors (Lipinski definition) is 2. The van der Waals surface area contributed by atoms with Crippen molar-refractivity contribution in [2.45, 2.75) is 45.1 Å². The summed E-state index contributed by atoms with van der Waals surface area (Å²) in [5.41, 5.74) is 6.70. The summed E-state index contributed by atoms with van der Waals surface area (Å²) in [6, 6.07) is 7.79. The average molecular weight is 345 g/mol. The Kier molecular flexibility index (Phi) is 6.72. The molecule has 3 N–H and O–H groups in total. The van der Waals surface area contributed by atoms with Gasteiger partial charge < -0.3 is 11.1 Å². The quantitative estimate of drug-likeness (QED) is 0.825. The molecule has 124 valence electrons. The van der Waals surface area contributed by atoms with Gasteiger partial charge in [-0.15, -0.1) is 12.4 Å². The summed E-state index contributed by atoms with van der Waals surface area (Å²) in [6.07, 6.45) is 1.79. The summed E-state index contributed by atoms with van der Waals surface area (Å²) in [5, 5.41) is 3.88.